The molecule has 0 aliphatic rings. The molecule has 1 aromatic rings. The van der Waals surface area contributed by atoms with Crippen molar-refractivity contribution in [3.05, 3.63) is 29.8 Å². The topological polar surface area (TPSA) is 17.1 Å². The quantitative estimate of drug-likeness (QED) is 0.593. The number of hydrogen-bond acceptors (Lipinski definition) is 2. The second kappa shape index (κ2) is 5.23. The summed E-state index contributed by atoms with van der Waals surface area (Å²) in [7, 11) is 9.06. The van der Waals surface area contributed by atoms with E-state index in [-0.39, 0.29) is 14.8 Å². The zero-order valence-corrected chi connectivity index (χ0v) is 10.9. The van der Waals surface area contributed by atoms with Gasteiger partial charge in [0.05, 0.1) is 0 Å². The Balaban J connectivity index is 2.87. The van der Waals surface area contributed by atoms with Crippen molar-refractivity contribution in [1.82, 2.24) is 0 Å². The molecule has 1 rings (SSSR count). The summed E-state index contributed by atoms with van der Waals surface area (Å²) in [6.45, 7) is 0. The van der Waals surface area contributed by atoms with Crippen LogP contribution in [0.2, 0.25) is 0 Å². The van der Waals surface area contributed by atoms with Crippen molar-refractivity contribution >= 4 is 40.0 Å². The first-order valence-corrected chi connectivity index (χ1v) is 7.89. The smallest absolute Gasteiger partial charge is 0.152 e. The third-order valence-corrected chi connectivity index (χ3v) is 3.90. The largest absolute Gasteiger partial charge is 0.401 e. The van der Waals surface area contributed by atoms with Crippen molar-refractivity contribution < 1.29 is 4.79 Å². The van der Waals surface area contributed by atoms with Crippen LogP contribution in [0.15, 0.2) is 29.2 Å². The van der Waals surface area contributed by atoms with Crippen LogP contribution in [0.3, 0.4) is 0 Å². The third kappa shape index (κ3) is 3.88. The second-order valence-corrected chi connectivity index (χ2v) is 8.00. The summed E-state index contributed by atoms with van der Waals surface area (Å²) in [6.07, 6.45) is 0.488. The molecule has 13 heavy (non-hydrogen) atoms. The van der Waals surface area contributed by atoms with Gasteiger partial charge in [-0.15, -0.1) is 4.90 Å². The van der Waals surface area contributed by atoms with Gasteiger partial charge >= 0.3 is 0 Å². The molecule has 0 amide bonds. The zero-order valence-electron chi connectivity index (χ0n) is 6.91. The summed E-state index contributed by atoms with van der Waals surface area (Å²) in [5.74, 6) is 0. The average Bonchev–Trinajstić information content (AvgIpc) is 2.04. The molecule has 0 bridgehead atoms. The predicted octanol–water partition coefficient (Wildman–Crippen LogP) is 2.72. The number of rotatable bonds is 3. The standard InChI is InChI=1S/C8H10OP3S/c9-8(10)5-6-1-3-7(4-2-6)13(11)12/h1-4,11-12H,5,10H2/q-1. The Kier molecular flexibility index (Phi) is 4.56. The predicted molar refractivity (Wildman–Crippen MR) is 67.1 cm³/mol. The third-order valence-electron chi connectivity index (χ3n) is 1.54. The van der Waals surface area contributed by atoms with Gasteiger partial charge in [-0.3, -0.25) is 20.8 Å². The van der Waals surface area contributed by atoms with E-state index in [9.17, 15) is 4.79 Å². The molecular formula is C8H10OP3S-. The van der Waals surface area contributed by atoms with E-state index in [0.717, 1.165) is 5.56 Å². The molecule has 0 aromatic heterocycles. The summed E-state index contributed by atoms with van der Waals surface area (Å²) in [5, 5.41) is 0. The lowest BCUT2D eigenvalue weighted by atomic mass is 10.2. The molecule has 0 aliphatic carbocycles. The summed E-state index contributed by atoms with van der Waals surface area (Å²) in [4.78, 5) is 12.0. The normalized spacial score (nSPS) is 10.3. The van der Waals surface area contributed by atoms with Crippen molar-refractivity contribution in [2.75, 3.05) is 0 Å². The Morgan fingerprint density at radius 3 is 2.23 bits per heavy atom. The van der Waals surface area contributed by atoms with E-state index in [4.69, 9.17) is 0 Å². The van der Waals surface area contributed by atoms with Crippen LogP contribution in [0.1, 0.15) is 5.56 Å². The fourth-order valence-corrected chi connectivity index (χ4v) is 2.41. The minimum atomic E-state index is -0.0789. The zero-order chi connectivity index (χ0) is 9.84. The highest BCUT2D eigenvalue weighted by Crippen LogP contribution is 2.11. The second-order valence-electron chi connectivity index (χ2n) is 2.59. The van der Waals surface area contributed by atoms with E-state index in [1.165, 1.54) is 4.90 Å². The van der Waals surface area contributed by atoms with Crippen LogP contribution < -0.4 is 0 Å². The van der Waals surface area contributed by atoms with E-state index >= 15 is 0 Å². The van der Waals surface area contributed by atoms with Crippen LogP contribution in [0.5, 0.6) is 0 Å². The molecule has 0 spiro atoms. The molecule has 1 aromatic carbocycles. The van der Waals surface area contributed by atoms with E-state index in [2.05, 4.69) is 25.3 Å². The highest BCUT2D eigenvalue weighted by molar-refractivity contribution is 8.29. The average molecular weight is 247 g/mol. The molecule has 5 heteroatoms. The Bertz CT molecular complexity index is 373. The van der Waals surface area contributed by atoms with E-state index in [0.29, 0.717) is 6.42 Å². The van der Waals surface area contributed by atoms with Crippen molar-refractivity contribution in [1.29, 1.82) is 0 Å². The van der Waals surface area contributed by atoms with E-state index in [1.54, 1.807) is 0 Å². The first kappa shape index (κ1) is 11.3. The van der Waals surface area contributed by atoms with Gasteiger partial charge in [-0.05, 0) is 5.56 Å². The minimum absolute atomic E-state index is 0.0789. The van der Waals surface area contributed by atoms with E-state index < -0.39 is 0 Å². The lowest BCUT2D eigenvalue weighted by molar-refractivity contribution is -0.110. The van der Waals surface area contributed by atoms with Crippen LogP contribution in [-0.4, -0.2) is 5.52 Å². The Morgan fingerprint density at radius 1 is 1.31 bits per heavy atom. The maximum absolute atomic E-state index is 10.8. The summed E-state index contributed by atoms with van der Waals surface area (Å²) < 4.78 is 0. The minimum Gasteiger partial charge on any atom is -0.401 e. The number of benzene rings is 1. The van der Waals surface area contributed by atoms with Crippen LogP contribution >= 0.6 is 25.3 Å². The molecule has 1 atom stereocenters. The maximum atomic E-state index is 10.8. The van der Waals surface area contributed by atoms with Crippen molar-refractivity contribution in [2.45, 2.75) is 11.3 Å². The van der Waals surface area contributed by atoms with Gasteiger partial charge in [0.25, 0.3) is 0 Å². The molecule has 0 saturated carbocycles. The van der Waals surface area contributed by atoms with Crippen molar-refractivity contribution in [3.8, 4) is 0 Å². The van der Waals surface area contributed by atoms with Crippen LogP contribution in [-0.2, 0) is 20.5 Å². The summed E-state index contributed by atoms with van der Waals surface area (Å²) in [5.41, 5.74) is 1.16. The molecule has 0 heterocycles. The highest BCUT2D eigenvalue weighted by atomic mass is 32.7. The Morgan fingerprint density at radius 2 is 1.85 bits per heavy atom. The van der Waals surface area contributed by atoms with Crippen molar-refractivity contribution in [2.24, 2.45) is 0 Å². The highest BCUT2D eigenvalue weighted by Gasteiger charge is 1.94. The monoisotopic (exact) mass is 247 g/mol. The molecule has 70 valence electrons. The molecule has 0 radical (unpaired) electrons. The molecule has 0 saturated heterocycles. The fourth-order valence-electron chi connectivity index (χ4n) is 0.945. The molecule has 0 aliphatic heterocycles. The van der Waals surface area contributed by atoms with Crippen LogP contribution in [0.4, 0.5) is 0 Å². The molecule has 0 fully saturated rings. The lowest BCUT2D eigenvalue weighted by Crippen LogP contribution is -1.92. The Hall–Kier alpha value is 0.270. The summed E-state index contributed by atoms with van der Waals surface area (Å²) >= 11 is 0. The van der Waals surface area contributed by atoms with Crippen molar-refractivity contribution in [3.63, 3.8) is 0 Å². The number of carbonyl (C=O) groups is 1. The fraction of sp³-hybridized carbons (Fsp3) is 0.125. The van der Waals surface area contributed by atoms with Gasteiger partial charge in [0.15, 0.2) is 5.52 Å². The molecule has 0 N–H and O–H groups in total. The van der Waals surface area contributed by atoms with Gasteiger partial charge in [-0.25, -0.2) is 0 Å². The Labute approximate surface area is 86.2 Å². The summed E-state index contributed by atoms with van der Waals surface area (Å²) in [6, 6.07) is 7.95. The van der Waals surface area contributed by atoms with E-state index in [1.807, 2.05) is 24.3 Å². The van der Waals surface area contributed by atoms with Crippen LogP contribution in [0, 0.1) is 0 Å². The van der Waals surface area contributed by atoms with Gasteiger partial charge in [0.2, 0.25) is 0 Å². The lowest BCUT2D eigenvalue weighted by Gasteiger charge is -2.06. The number of carbonyl (C=O) groups excluding carboxylic acids is 1. The molecule has 1 nitrogen and oxygen atoms in total. The van der Waals surface area contributed by atoms with Gasteiger partial charge in [0.1, 0.15) is 0 Å². The first-order chi connectivity index (χ1) is 6.09. The molecular weight excluding hydrogens is 237 g/mol. The van der Waals surface area contributed by atoms with Gasteiger partial charge in [-0.1, -0.05) is 33.5 Å². The van der Waals surface area contributed by atoms with Crippen LogP contribution in [0.25, 0.3) is 0 Å². The van der Waals surface area contributed by atoms with Gasteiger partial charge < -0.3 is 9.25 Å². The van der Waals surface area contributed by atoms with Gasteiger partial charge in [0, 0.05) is 6.42 Å². The first-order valence-electron chi connectivity index (χ1n) is 3.63. The maximum Gasteiger partial charge on any atom is 0.152 e. The molecule has 1 unspecified atom stereocenters. The SMILES string of the molecule is O=C(P)Cc1ccc([S-](=P)=P)cc1. The van der Waals surface area contributed by atoms with Gasteiger partial charge in [-0.2, -0.15) is 0 Å². The number of hydrogen-bond donors (Lipinski definition) is 0.